The van der Waals surface area contributed by atoms with Gasteiger partial charge < -0.3 is 10.2 Å². The Kier molecular flexibility index (Phi) is 6.71. The lowest BCUT2D eigenvalue weighted by Crippen LogP contribution is -2.32. The predicted molar refractivity (Wildman–Crippen MR) is 71.5 cm³/mol. The van der Waals surface area contributed by atoms with Gasteiger partial charge in [-0.3, -0.25) is 10.3 Å². The van der Waals surface area contributed by atoms with E-state index in [0.29, 0.717) is 12.4 Å². The summed E-state index contributed by atoms with van der Waals surface area (Å²) in [5.74, 6) is 0.457. The van der Waals surface area contributed by atoms with E-state index in [1.54, 1.807) is 6.20 Å². The maximum atomic E-state index is 11.5. The first-order chi connectivity index (χ1) is 8.76. The Labute approximate surface area is 108 Å². The van der Waals surface area contributed by atoms with Crippen LogP contribution in [0.15, 0.2) is 18.6 Å². The largest absolute Gasteiger partial charge is 0.338 e. The molecule has 6 nitrogen and oxygen atoms in total. The quantitative estimate of drug-likeness (QED) is 0.717. The smallest absolute Gasteiger partial charge is 0.320 e. The van der Waals surface area contributed by atoms with E-state index in [1.807, 2.05) is 0 Å². The lowest BCUT2D eigenvalue weighted by molar-refractivity contribution is 0.250. The summed E-state index contributed by atoms with van der Waals surface area (Å²) in [6, 6.07) is -0.241. The highest BCUT2D eigenvalue weighted by molar-refractivity contribution is 5.87. The van der Waals surface area contributed by atoms with E-state index < -0.39 is 0 Å². The van der Waals surface area contributed by atoms with Gasteiger partial charge in [0.2, 0.25) is 0 Å². The zero-order valence-corrected chi connectivity index (χ0v) is 11.0. The fourth-order valence-corrected chi connectivity index (χ4v) is 1.57. The van der Waals surface area contributed by atoms with E-state index in [9.17, 15) is 4.79 Å². The van der Waals surface area contributed by atoms with Gasteiger partial charge in [0, 0.05) is 18.9 Å². The summed E-state index contributed by atoms with van der Waals surface area (Å²) in [7, 11) is 0. The summed E-state index contributed by atoms with van der Waals surface area (Å²) < 4.78 is 0. The van der Waals surface area contributed by atoms with Gasteiger partial charge in [0.1, 0.15) is 0 Å². The molecule has 1 rings (SSSR count). The van der Waals surface area contributed by atoms with Gasteiger partial charge in [0.15, 0.2) is 5.82 Å². The van der Waals surface area contributed by atoms with Crippen LogP contribution in [-0.2, 0) is 0 Å². The lowest BCUT2D eigenvalue weighted by Gasteiger charge is -2.17. The number of nitrogens with one attached hydrogen (secondary N) is 2. The number of carbonyl (C=O) groups is 1. The summed E-state index contributed by atoms with van der Waals surface area (Å²) >= 11 is 0. The molecule has 18 heavy (non-hydrogen) atoms. The highest BCUT2D eigenvalue weighted by Gasteiger charge is 2.02. The molecule has 0 aliphatic heterocycles. The minimum atomic E-state index is -0.241. The van der Waals surface area contributed by atoms with Crippen LogP contribution in [0.5, 0.6) is 0 Å². The summed E-state index contributed by atoms with van der Waals surface area (Å²) in [6.07, 6.45) is 5.55. The maximum Gasteiger partial charge on any atom is 0.320 e. The van der Waals surface area contributed by atoms with Gasteiger partial charge in [-0.25, -0.2) is 9.78 Å². The number of rotatable bonds is 7. The molecule has 0 spiro atoms. The number of carbonyl (C=O) groups excluding carboxylic acids is 1. The molecule has 0 atom stereocenters. The monoisotopic (exact) mass is 251 g/mol. The fraction of sp³-hybridized carbons (Fsp3) is 0.583. The van der Waals surface area contributed by atoms with Crippen molar-refractivity contribution in [3.63, 3.8) is 0 Å². The van der Waals surface area contributed by atoms with E-state index in [1.165, 1.54) is 12.4 Å². The van der Waals surface area contributed by atoms with Gasteiger partial charge in [-0.15, -0.1) is 0 Å². The van der Waals surface area contributed by atoms with Crippen LogP contribution in [0.4, 0.5) is 10.6 Å². The summed E-state index contributed by atoms with van der Waals surface area (Å²) in [6.45, 7) is 8.01. The zero-order chi connectivity index (χ0) is 13.2. The average molecular weight is 251 g/mol. The molecule has 0 aliphatic rings. The standard InChI is InChI=1S/C12H21N5O/c1-3-17(4-2)9-5-6-15-12(18)16-11-10-13-7-8-14-11/h7-8,10H,3-6,9H2,1-2H3,(H2,14,15,16,18). The summed E-state index contributed by atoms with van der Waals surface area (Å²) in [5, 5.41) is 5.41. The van der Waals surface area contributed by atoms with Crippen molar-refractivity contribution in [2.24, 2.45) is 0 Å². The molecule has 1 heterocycles. The van der Waals surface area contributed by atoms with Crippen LogP contribution in [0.2, 0.25) is 0 Å². The Bertz CT molecular complexity index is 340. The molecule has 0 bridgehead atoms. The molecule has 6 heteroatoms. The Morgan fingerprint density at radius 3 is 2.72 bits per heavy atom. The topological polar surface area (TPSA) is 70.2 Å². The average Bonchev–Trinajstić information content (AvgIpc) is 2.40. The van der Waals surface area contributed by atoms with Crippen LogP contribution in [0.25, 0.3) is 0 Å². The molecule has 0 aromatic carbocycles. The van der Waals surface area contributed by atoms with Gasteiger partial charge in [0.25, 0.3) is 0 Å². The van der Waals surface area contributed by atoms with E-state index in [0.717, 1.165) is 26.1 Å². The number of anilines is 1. The molecule has 0 saturated heterocycles. The van der Waals surface area contributed by atoms with Crippen molar-refractivity contribution in [2.75, 3.05) is 31.5 Å². The van der Waals surface area contributed by atoms with Crippen molar-refractivity contribution in [1.29, 1.82) is 0 Å². The van der Waals surface area contributed by atoms with E-state index in [4.69, 9.17) is 0 Å². The van der Waals surface area contributed by atoms with Gasteiger partial charge in [-0.1, -0.05) is 13.8 Å². The van der Waals surface area contributed by atoms with Gasteiger partial charge in [-0.05, 0) is 26.1 Å². The second-order valence-corrected chi connectivity index (χ2v) is 3.85. The molecular weight excluding hydrogens is 230 g/mol. The second-order valence-electron chi connectivity index (χ2n) is 3.85. The third-order valence-corrected chi connectivity index (χ3v) is 2.64. The van der Waals surface area contributed by atoms with Crippen LogP contribution in [-0.4, -0.2) is 47.1 Å². The van der Waals surface area contributed by atoms with Gasteiger partial charge in [0.05, 0.1) is 6.20 Å². The molecule has 1 aromatic heterocycles. The number of urea groups is 1. The third-order valence-electron chi connectivity index (χ3n) is 2.64. The highest BCUT2D eigenvalue weighted by atomic mass is 16.2. The molecule has 0 radical (unpaired) electrons. The first-order valence-electron chi connectivity index (χ1n) is 6.29. The molecule has 2 N–H and O–H groups in total. The first-order valence-corrected chi connectivity index (χ1v) is 6.29. The molecule has 100 valence electrons. The van der Waals surface area contributed by atoms with Crippen molar-refractivity contribution < 1.29 is 4.79 Å². The fourth-order valence-electron chi connectivity index (χ4n) is 1.57. The van der Waals surface area contributed by atoms with Crippen molar-refractivity contribution >= 4 is 11.8 Å². The minimum absolute atomic E-state index is 0.241. The Morgan fingerprint density at radius 2 is 2.11 bits per heavy atom. The van der Waals surface area contributed by atoms with Crippen LogP contribution >= 0.6 is 0 Å². The van der Waals surface area contributed by atoms with E-state index >= 15 is 0 Å². The van der Waals surface area contributed by atoms with Gasteiger partial charge >= 0.3 is 6.03 Å². The number of hydrogen-bond donors (Lipinski definition) is 2. The molecular formula is C12H21N5O. The van der Waals surface area contributed by atoms with Crippen LogP contribution in [0.3, 0.4) is 0 Å². The summed E-state index contributed by atoms with van der Waals surface area (Å²) in [4.78, 5) is 21.6. The van der Waals surface area contributed by atoms with Crippen molar-refractivity contribution in [2.45, 2.75) is 20.3 Å². The molecule has 0 unspecified atom stereocenters. The minimum Gasteiger partial charge on any atom is -0.338 e. The summed E-state index contributed by atoms with van der Waals surface area (Å²) in [5.41, 5.74) is 0. The van der Waals surface area contributed by atoms with E-state index in [-0.39, 0.29) is 6.03 Å². The van der Waals surface area contributed by atoms with Crippen LogP contribution < -0.4 is 10.6 Å². The number of nitrogens with zero attached hydrogens (tertiary/aromatic N) is 3. The van der Waals surface area contributed by atoms with E-state index in [2.05, 4.69) is 39.3 Å². The van der Waals surface area contributed by atoms with Crippen molar-refractivity contribution in [3.05, 3.63) is 18.6 Å². The van der Waals surface area contributed by atoms with Crippen molar-refractivity contribution in [1.82, 2.24) is 20.2 Å². The maximum absolute atomic E-state index is 11.5. The first kappa shape index (κ1) is 14.4. The van der Waals surface area contributed by atoms with Crippen LogP contribution in [0.1, 0.15) is 20.3 Å². The normalized spacial score (nSPS) is 10.4. The number of aromatic nitrogens is 2. The predicted octanol–water partition coefficient (Wildman–Crippen LogP) is 1.33. The molecule has 0 saturated carbocycles. The van der Waals surface area contributed by atoms with Crippen molar-refractivity contribution in [3.8, 4) is 0 Å². The molecule has 0 fully saturated rings. The number of hydrogen-bond acceptors (Lipinski definition) is 4. The zero-order valence-electron chi connectivity index (χ0n) is 11.0. The Morgan fingerprint density at radius 1 is 1.33 bits per heavy atom. The van der Waals surface area contributed by atoms with Gasteiger partial charge in [-0.2, -0.15) is 0 Å². The molecule has 0 aliphatic carbocycles. The Hall–Kier alpha value is -1.69. The lowest BCUT2D eigenvalue weighted by atomic mass is 10.3. The molecule has 2 amide bonds. The highest BCUT2D eigenvalue weighted by Crippen LogP contribution is 1.96. The Balaban J connectivity index is 2.14. The van der Waals surface area contributed by atoms with Crippen LogP contribution in [0, 0.1) is 0 Å². The number of amides is 2. The SMILES string of the molecule is CCN(CC)CCCNC(=O)Nc1cnccn1. The second kappa shape index (κ2) is 8.41. The molecule has 1 aromatic rings. The third kappa shape index (κ3) is 5.58.